The minimum Gasteiger partial charge on any atom is -0.480 e. The molecule has 1 saturated carbocycles. The van der Waals surface area contributed by atoms with E-state index in [1.165, 1.54) is 16.9 Å². The van der Waals surface area contributed by atoms with Gasteiger partial charge in [0.25, 0.3) is 5.91 Å². The van der Waals surface area contributed by atoms with Crippen LogP contribution in [0.1, 0.15) is 78.0 Å². The maximum absolute atomic E-state index is 13.8. The van der Waals surface area contributed by atoms with Crippen LogP contribution in [-0.2, 0) is 17.6 Å². The Morgan fingerprint density at radius 2 is 1.52 bits per heavy atom. The molecular formula is C33H40N4O3. The van der Waals surface area contributed by atoms with Crippen LogP contribution >= 0.6 is 0 Å². The molecule has 210 valence electrons. The number of hydrogen-bond acceptors (Lipinski definition) is 5. The lowest BCUT2D eigenvalue weighted by Gasteiger charge is -2.33. The van der Waals surface area contributed by atoms with Crippen LogP contribution < -0.4 is 4.90 Å². The molecule has 0 spiro atoms. The maximum atomic E-state index is 13.8. The van der Waals surface area contributed by atoms with Crippen molar-refractivity contribution in [2.75, 3.05) is 31.1 Å². The lowest BCUT2D eigenvalue weighted by Crippen LogP contribution is -2.39. The number of rotatable bonds is 10. The molecule has 5 rings (SSSR count). The molecule has 7 heteroatoms. The standard InChI is InChI=1S/C33H40N4O3/c38-30(39)24-37(21-16-25-10-4-1-5-11-25)32(40)29-23-34-33(35-31(29)28-14-8-3-9-15-28)36-19-17-27(18-20-36)22-26-12-6-2-7-13-26/h1-2,4-7,10-13,23,27-28H,3,8-9,14-22,24H2,(H,38,39). The van der Waals surface area contributed by atoms with Crippen LogP contribution in [-0.4, -0.2) is 58.0 Å². The van der Waals surface area contributed by atoms with E-state index < -0.39 is 5.97 Å². The second-order valence-corrected chi connectivity index (χ2v) is 11.3. The third kappa shape index (κ3) is 7.26. The Morgan fingerprint density at radius 1 is 0.875 bits per heavy atom. The topological polar surface area (TPSA) is 86.6 Å². The monoisotopic (exact) mass is 540 g/mol. The van der Waals surface area contributed by atoms with Crippen molar-refractivity contribution in [2.24, 2.45) is 5.92 Å². The molecule has 0 radical (unpaired) electrons. The molecule has 1 aliphatic carbocycles. The lowest BCUT2D eigenvalue weighted by atomic mass is 9.85. The Hall–Kier alpha value is -3.74. The highest BCUT2D eigenvalue weighted by Gasteiger charge is 2.29. The van der Waals surface area contributed by atoms with Gasteiger partial charge >= 0.3 is 5.97 Å². The maximum Gasteiger partial charge on any atom is 0.323 e. The Bertz CT molecular complexity index is 1250. The summed E-state index contributed by atoms with van der Waals surface area (Å²) in [4.78, 5) is 39.0. The number of benzene rings is 2. The summed E-state index contributed by atoms with van der Waals surface area (Å²) in [7, 11) is 0. The zero-order chi connectivity index (χ0) is 27.7. The quantitative estimate of drug-likeness (QED) is 0.352. The first-order valence-electron chi connectivity index (χ1n) is 14.8. The molecule has 1 aromatic heterocycles. The van der Waals surface area contributed by atoms with Crippen molar-refractivity contribution in [1.82, 2.24) is 14.9 Å². The van der Waals surface area contributed by atoms with E-state index in [0.717, 1.165) is 69.3 Å². The molecular weight excluding hydrogens is 500 g/mol. The third-order valence-corrected chi connectivity index (χ3v) is 8.42. The van der Waals surface area contributed by atoms with Crippen molar-refractivity contribution < 1.29 is 14.7 Å². The van der Waals surface area contributed by atoms with E-state index >= 15 is 0 Å². The summed E-state index contributed by atoms with van der Waals surface area (Å²) in [5.74, 6) is 0.241. The van der Waals surface area contributed by atoms with Crippen molar-refractivity contribution in [2.45, 2.75) is 63.7 Å². The van der Waals surface area contributed by atoms with E-state index in [9.17, 15) is 14.7 Å². The van der Waals surface area contributed by atoms with Crippen LogP contribution in [0, 0.1) is 5.92 Å². The van der Waals surface area contributed by atoms with Crippen molar-refractivity contribution in [3.05, 3.63) is 89.2 Å². The fourth-order valence-corrected chi connectivity index (χ4v) is 6.17. The molecule has 1 saturated heterocycles. The van der Waals surface area contributed by atoms with Crippen LogP contribution in [0.3, 0.4) is 0 Å². The van der Waals surface area contributed by atoms with Gasteiger partial charge < -0.3 is 14.9 Å². The summed E-state index contributed by atoms with van der Waals surface area (Å²) < 4.78 is 0. The highest BCUT2D eigenvalue weighted by atomic mass is 16.4. The van der Waals surface area contributed by atoms with Crippen LogP contribution in [0.4, 0.5) is 5.95 Å². The van der Waals surface area contributed by atoms with Crippen LogP contribution in [0.2, 0.25) is 0 Å². The molecule has 2 heterocycles. The van der Waals surface area contributed by atoms with Crippen LogP contribution in [0.5, 0.6) is 0 Å². The molecule has 40 heavy (non-hydrogen) atoms. The van der Waals surface area contributed by atoms with Crippen molar-refractivity contribution in [1.29, 1.82) is 0 Å². The normalized spacial score (nSPS) is 16.6. The van der Waals surface area contributed by atoms with Gasteiger partial charge in [0, 0.05) is 31.7 Å². The Kier molecular flexibility index (Phi) is 9.42. The van der Waals surface area contributed by atoms with Gasteiger partial charge in [-0.2, -0.15) is 0 Å². The van der Waals surface area contributed by atoms with E-state index in [1.54, 1.807) is 6.20 Å². The summed E-state index contributed by atoms with van der Waals surface area (Å²) in [6, 6.07) is 20.5. The van der Waals surface area contributed by atoms with E-state index in [1.807, 2.05) is 30.3 Å². The average molecular weight is 541 g/mol. The highest BCUT2D eigenvalue weighted by molar-refractivity contribution is 5.96. The molecule has 0 unspecified atom stereocenters. The minimum atomic E-state index is -1.02. The lowest BCUT2D eigenvalue weighted by molar-refractivity contribution is -0.137. The molecule has 0 bridgehead atoms. The predicted octanol–water partition coefficient (Wildman–Crippen LogP) is 5.75. The summed E-state index contributed by atoms with van der Waals surface area (Å²) >= 11 is 0. The summed E-state index contributed by atoms with van der Waals surface area (Å²) in [6.45, 7) is 1.79. The van der Waals surface area contributed by atoms with E-state index in [0.29, 0.717) is 30.4 Å². The SMILES string of the molecule is O=C(O)CN(CCc1ccccc1)C(=O)c1cnc(N2CCC(Cc3ccccc3)CC2)nc1C1CCCCC1. The largest absolute Gasteiger partial charge is 0.480 e. The third-order valence-electron chi connectivity index (χ3n) is 8.42. The number of carbonyl (C=O) groups excluding carboxylic acids is 1. The zero-order valence-corrected chi connectivity index (χ0v) is 23.3. The number of carbonyl (C=O) groups is 2. The van der Waals surface area contributed by atoms with E-state index in [4.69, 9.17) is 4.98 Å². The van der Waals surface area contributed by atoms with Crippen molar-refractivity contribution >= 4 is 17.8 Å². The fourth-order valence-electron chi connectivity index (χ4n) is 6.17. The van der Waals surface area contributed by atoms with Gasteiger partial charge in [-0.25, -0.2) is 9.97 Å². The number of carboxylic acid groups (broad SMARTS) is 1. The van der Waals surface area contributed by atoms with Gasteiger partial charge in [-0.05, 0) is 55.6 Å². The van der Waals surface area contributed by atoms with Crippen molar-refractivity contribution in [3.8, 4) is 0 Å². The van der Waals surface area contributed by atoms with Crippen LogP contribution in [0.15, 0.2) is 66.9 Å². The number of anilines is 1. The number of nitrogens with zero attached hydrogens (tertiary/aromatic N) is 4. The Balaban J connectivity index is 1.33. The summed E-state index contributed by atoms with van der Waals surface area (Å²) in [6.07, 6.45) is 11.0. The smallest absolute Gasteiger partial charge is 0.323 e. The molecule has 1 amide bonds. The number of hydrogen-bond donors (Lipinski definition) is 1. The van der Waals surface area contributed by atoms with Gasteiger partial charge in [0.2, 0.25) is 5.95 Å². The average Bonchev–Trinajstić information content (AvgIpc) is 3.00. The van der Waals surface area contributed by atoms with Gasteiger partial charge in [-0.1, -0.05) is 79.9 Å². The van der Waals surface area contributed by atoms with Gasteiger partial charge in [0.15, 0.2) is 0 Å². The molecule has 0 atom stereocenters. The van der Waals surface area contributed by atoms with Gasteiger partial charge in [0.05, 0.1) is 11.3 Å². The molecule has 2 aromatic carbocycles. The highest BCUT2D eigenvalue weighted by Crippen LogP contribution is 2.35. The van der Waals surface area contributed by atoms with Gasteiger partial charge in [-0.15, -0.1) is 0 Å². The second kappa shape index (κ2) is 13.6. The van der Waals surface area contributed by atoms with Crippen molar-refractivity contribution in [3.63, 3.8) is 0 Å². The second-order valence-electron chi connectivity index (χ2n) is 11.3. The van der Waals surface area contributed by atoms with E-state index in [2.05, 4.69) is 40.2 Å². The first-order valence-corrected chi connectivity index (χ1v) is 14.8. The summed E-state index contributed by atoms with van der Waals surface area (Å²) in [5, 5.41) is 9.59. The molecule has 2 fully saturated rings. The zero-order valence-electron chi connectivity index (χ0n) is 23.3. The predicted molar refractivity (Wildman–Crippen MR) is 157 cm³/mol. The number of aliphatic carboxylic acids is 1. The molecule has 3 aromatic rings. The first-order chi connectivity index (χ1) is 19.6. The number of amides is 1. The molecule has 7 nitrogen and oxygen atoms in total. The Morgan fingerprint density at radius 3 is 2.17 bits per heavy atom. The number of piperidine rings is 1. The van der Waals surface area contributed by atoms with Gasteiger partial charge in [0.1, 0.15) is 6.54 Å². The number of aromatic nitrogens is 2. The molecule has 2 aliphatic rings. The van der Waals surface area contributed by atoms with Crippen LogP contribution in [0.25, 0.3) is 0 Å². The fraction of sp³-hybridized carbons (Fsp3) is 0.455. The number of carboxylic acids is 1. The Labute approximate surface area is 237 Å². The van der Waals surface area contributed by atoms with Gasteiger partial charge in [-0.3, -0.25) is 9.59 Å². The minimum absolute atomic E-state index is 0.200. The first kappa shape index (κ1) is 27.8. The molecule has 1 aliphatic heterocycles. The summed E-state index contributed by atoms with van der Waals surface area (Å²) in [5.41, 5.74) is 3.72. The molecule has 1 N–H and O–H groups in total. The van der Waals surface area contributed by atoms with E-state index in [-0.39, 0.29) is 18.4 Å².